The van der Waals surface area contributed by atoms with Gasteiger partial charge in [-0.25, -0.2) is 4.79 Å². The van der Waals surface area contributed by atoms with Gasteiger partial charge in [-0.15, -0.1) is 0 Å². The van der Waals surface area contributed by atoms with Crippen LogP contribution in [0.5, 0.6) is 17.2 Å². The lowest BCUT2D eigenvalue weighted by Crippen LogP contribution is -2.43. The van der Waals surface area contributed by atoms with Crippen molar-refractivity contribution >= 4 is 12.0 Å². The van der Waals surface area contributed by atoms with Gasteiger partial charge in [0.2, 0.25) is 0 Å². The number of rotatable bonds is 11. The Morgan fingerprint density at radius 2 is 1.56 bits per heavy atom. The molecular weight excluding hydrogens is 460 g/mol. The maximum Gasteiger partial charge on any atom is 0.404 e. The largest absolute Gasteiger partial charge is 0.493 e. The predicted molar refractivity (Wildman–Crippen MR) is 132 cm³/mol. The normalized spacial score (nSPS) is 16.7. The Morgan fingerprint density at radius 3 is 2.19 bits per heavy atom. The van der Waals surface area contributed by atoms with Gasteiger partial charge in [-0.2, -0.15) is 10.5 Å². The zero-order valence-electron chi connectivity index (χ0n) is 20.0. The van der Waals surface area contributed by atoms with Crippen LogP contribution in [0.4, 0.5) is 4.79 Å². The van der Waals surface area contributed by atoms with Crippen molar-refractivity contribution in [2.45, 2.75) is 63.5 Å². The van der Waals surface area contributed by atoms with Gasteiger partial charge in [0, 0.05) is 30.1 Å². The Bertz CT molecular complexity index is 1110. The summed E-state index contributed by atoms with van der Waals surface area (Å²) >= 11 is 0. The van der Waals surface area contributed by atoms with Crippen molar-refractivity contribution in [2.75, 3.05) is 6.61 Å². The van der Waals surface area contributed by atoms with Crippen molar-refractivity contribution in [1.82, 2.24) is 10.6 Å². The average Bonchev–Trinajstić information content (AvgIpc) is 2.87. The number of carbonyl (C=O) groups excluding carboxylic acids is 1. The monoisotopic (exact) mass is 490 g/mol. The molecule has 0 aliphatic heterocycles. The number of carbonyl (C=O) groups is 2. The molecule has 0 unspecified atom stereocenters. The highest BCUT2D eigenvalue weighted by Crippen LogP contribution is 2.29. The number of carboxylic acid groups (broad SMARTS) is 1. The lowest BCUT2D eigenvalue weighted by molar-refractivity contribution is 0.0922. The molecule has 2 amide bonds. The molecule has 3 N–H and O–H groups in total. The van der Waals surface area contributed by atoms with Gasteiger partial charge in [-0.1, -0.05) is 0 Å². The lowest BCUT2D eigenvalue weighted by Gasteiger charge is -2.29. The van der Waals surface area contributed by atoms with Crippen molar-refractivity contribution in [3.63, 3.8) is 0 Å². The molecule has 9 nitrogen and oxygen atoms in total. The Hall–Kier alpha value is -4.24. The van der Waals surface area contributed by atoms with E-state index >= 15 is 0 Å². The number of nitriles is 2. The summed E-state index contributed by atoms with van der Waals surface area (Å²) in [4.78, 5) is 23.9. The third-order valence-electron chi connectivity index (χ3n) is 5.95. The van der Waals surface area contributed by atoms with Crippen LogP contribution < -0.4 is 20.1 Å². The van der Waals surface area contributed by atoms with Gasteiger partial charge in [0.15, 0.2) is 0 Å². The van der Waals surface area contributed by atoms with Crippen LogP contribution in [0.2, 0.25) is 0 Å². The predicted octanol–water partition coefficient (Wildman–Crippen LogP) is 5.12. The van der Waals surface area contributed by atoms with E-state index in [1.807, 2.05) is 0 Å². The number of nitrogens with zero attached hydrogens (tertiary/aromatic N) is 2. The van der Waals surface area contributed by atoms with E-state index in [-0.39, 0.29) is 18.0 Å². The lowest BCUT2D eigenvalue weighted by atomic mass is 9.91. The molecule has 1 aliphatic rings. The molecule has 0 bridgehead atoms. The number of nitrogens with one attached hydrogen (secondary N) is 2. The molecule has 0 saturated heterocycles. The molecule has 0 spiro atoms. The highest BCUT2D eigenvalue weighted by atomic mass is 16.5. The zero-order valence-corrected chi connectivity index (χ0v) is 20.0. The molecule has 3 rings (SSSR count). The molecule has 9 heteroatoms. The van der Waals surface area contributed by atoms with Crippen LogP contribution in [0, 0.1) is 22.7 Å². The Labute approximate surface area is 210 Å². The van der Waals surface area contributed by atoms with Crippen LogP contribution in [0.15, 0.2) is 42.5 Å². The number of unbranched alkanes of at least 4 members (excludes halogenated alkanes) is 3. The molecule has 0 radical (unpaired) electrons. The quantitative estimate of drug-likeness (QED) is 0.371. The molecule has 188 valence electrons. The topological polar surface area (TPSA) is 144 Å². The van der Waals surface area contributed by atoms with Crippen molar-refractivity contribution in [3.05, 3.63) is 53.6 Å². The van der Waals surface area contributed by atoms with E-state index in [2.05, 4.69) is 22.8 Å². The van der Waals surface area contributed by atoms with Crippen LogP contribution in [-0.4, -0.2) is 35.8 Å². The first-order chi connectivity index (χ1) is 17.5. The summed E-state index contributed by atoms with van der Waals surface area (Å²) in [5, 5.41) is 32.1. The minimum atomic E-state index is -1.03. The fourth-order valence-electron chi connectivity index (χ4n) is 4.08. The summed E-state index contributed by atoms with van der Waals surface area (Å²) in [5.41, 5.74) is 0.913. The fourth-order valence-corrected chi connectivity index (χ4v) is 4.08. The Balaban J connectivity index is 1.67. The van der Waals surface area contributed by atoms with Crippen LogP contribution in [0.1, 0.15) is 67.3 Å². The van der Waals surface area contributed by atoms with E-state index in [9.17, 15) is 9.59 Å². The maximum atomic E-state index is 13.1. The molecule has 36 heavy (non-hydrogen) atoms. The van der Waals surface area contributed by atoms with E-state index in [0.717, 1.165) is 19.3 Å². The third-order valence-corrected chi connectivity index (χ3v) is 5.95. The van der Waals surface area contributed by atoms with E-state index in [4.69, 9.17) is 25.1 Å². The summed E-state index contributed by atoms with van der Waals surface area (Å²) < 4.78 is 11.8. The molecule has 0 atom stereocenters. The molecule has 0 heterocycles. The van der Waals surface area contributed by atoms with Crippen molar-refractivity contribution in [1.29, 1.82) is 10.5 Å². The summed E-state index contributed by atoms with van der Waals surface area (Å²) in [5.74, 6) is 1.20. The zero-order chi connectivity index (χ0) is 25.8. The summed E-state index contributed by atoms with van der Waals surface area (Å²) in [7, 11) is 0. The minimum absolute atomic E-state index is 0.0445. The van der Waals surface area contributed by atoms with Crippen LogP contribution in [0.25, 0.3) is 0 Å². The van der Waals surface area contributed by atoms with Crippen molar-refractivity contribution in [2.24, 2.45) is 0 Å². The molecule has 1 saturated carbocycles. The molecular formula is C27H30N4O5. The number of hydrogen-bond donors (Lipinski definition) is 3. The maximum absolute atomic E-state index is 13.1. The van der Waals surface area contributed by atoms with Gasteiger partial charge in [-0.3, -0.25) is 4.79 Å². The van der Waals surface area contributed by atoms with Gasteiger partial charge in [0.05, 0.1) is 24.3 Å². The highest BCUT2D eigenvalue weighted by molar-refractivity contribution is 5.95. The first kappa shape index (κ1) is 26.4. The minimum Gasteiger partial charge on any atom is -0.493 e. The van der Waals surface area contributed by atoms with Gasteiger partial charge in [0.25, 0.3) is 5.91 Å². The SMILES string of the molecule is N#CCCCCCOc1cc(Oc2ccc(C#N)cc2)cc(C(=O)NC2CCC(NC(=O)O)CC2)c1. The summed E-state index contributed by atoms with van der Waals surface area (Å²) in [6.07, 6.45) is 4.68. The second-order valence-corrected chi connectivity index (χ2v) is 8.72. The second kappa shape index (κ2) is 13.6. The Kier molecular flexibility index (Phi) is 9.96. The first-order valence-electron chi connectivity index (χ1n) is 12.1. The number of amides is 2. The van der Waals surface area contributed by atoms with E-state index in [0.29, 0.717) is 67.1 Å². The molecule has 1 aliphatic carbocycles. The standard InChI is InChI=1S/C27H30N4O5/c28-13-3-1-2-4-14-35-24-15-20(16-25(17-24)36-23-11-5-19(18-29)6-12-23)26(32)30-21-7-9-22(10-8-21)31-27(33)34/h5-6,11-12,15-17,21-22,31H,1-4,7-10,14H2,(H,30,32)(H,33,34). The van der Waals surface area contributed by atoms with E-state index in [1.165, 1.54) is 0 Å². The molecule has 2 aromatic rings. The summed E-state index contributed by atoms with van der Waals surface area (Å²) in [6, 6.07) is 15.8. The molecule has 1 fully saturated rings. The molecule has 2 aromatic carbocycles. The van der Waals surface area contributed by atoms with Crippen LogP contribution >= 0.6 is 0 Å². The fraction of sp³-hybridized carbons (Fsp3) is 0.407. The van der Waals surface area contributed by atoms with Gasteiger partial charge in [0.1, 0.15) is 17.2 Å². The number of ether oxygens (including phenoxy) is 2. The number of hydrogen-bond acceptors (Lipinski definition) is 6. The highest BCUT2D eigenvalue weighted by Gasteiger charge is 2.24. The first-order valence-corrected chi connectivity index (χ1v) is 12.1. The Morgan fingerprint density at radius 1 is 0.889 bits per heavy atom. The third kappa shape index (κ3) is 8.52. The smallest absolute Gasteiger partial charge is 0.404 e. The summed E-state index contributed by atoms with van der Waals surface area (Å²) in [6.45, 7) is 0.452. The van der Waals surface area contributed by atoms with Gasteiger partial charge < -0.3 is 25.2 Å². The average molecular weight is 491 g/mol. The van der Waals surface area contributed by atoms with Gasteiger partial charge in [-0.05, 0) is 81.3 Å². The van der Waals surface area contributed by atoms with Gasteiger partial charge >= 0.3 is 6.09 Å². The van der Waals surface area contributed by atoms with Crippen molar-refractivity contribution in [3.8, 4) is 29.4 Å². The van der Waals surface area contributed by atoms with Crippen LogP contribution in [0.3, 0.4) is 0 Å². The molecule has 0 aromatic heterocycles. The second-order valence-electron chi connectivity index (χ2n) is 8.72. The van der Waals surface area contributed by atoms with Crippen LogP contribution in [-0.2, 0) is 0 Å². The van der Waals surface area contributed by atoms with E-state index in [1.54, 1.807) is 42.5 Å². The van der Waals surface area contributed by atoms with Crippen molar-refractivity contribution < 1.29 is 24.2 Å². The number of benzene rings is 2. The van der Waals surface area contributed by atoms with E-state index < -0.39 is 6.09 Å².